The lowest BCUT2D eigenvalue weighted by molar-refractivity contribution is 0.764. The van der Waals surface area contributed by atoms with Crippen LogP contribution in [0.15, 0.2) is 30.3 Å². The molecule has 0 saturated carbocycles. The van der Waals surface area contributed by atoms with Gasteiger partial charge in [0.2, 0.25) is 0 Å². The van der Waals surface area contributed by atoms with E-state index >= 15 is 0 Å². The summed E-state index contributed by atoms with van der Waals surface area (Å²) in [5, 5.41) is 5.05. The van der Waals surface area contributed by atoms with Gasteiger partial charge in [-0.1, -0.05) is 29.8 Å². The number of hydrogen-bond donors (Lipinski definition) is 0. The second-order valence-corrected chi connectivity index (χ2v) is 3.68. The fourth-order valence-electron chi connectivity index (χ4n) is 1.53. The molecular weight excluding hydrogens is 196 g/mol. The first-order valence-electron chi connectivity index (χ1n) is 4.44. The zero-order chi connectivity index (χ0) is 10.1. The van der Waals surface area contributed by atoms with Gasteiger partial charge in [0, 0.05) is 17.6 Å². The van der Waals surface area contributed by atoms with Gasteiger partial charge in [-0.15, -0.1) is 0 Å². The van der Waals surface area contributed by atoms with Gasteiger partial charge in [0.15, 0.2) is 0 Å². The second-order valence-electron chi connectivity index (χ2n) is 3.27. The summed E-state index contributed by atoms with van der Waals surface area (Å²) in [4.78, 5) is 0. The summed E-state index contributed by atoms with van der Waals surface area (Å²) >= 11 is 6.10. The second kappa shape index (κ2) is 3.46. The first kappa shape index (κ1) is 9.28. The Kier molecular flexibility index (Phi) is 2.30. The summed E-state index contributed by atoms with van der Waals surface area (Å²) in [6, 6.07) is 9.82. The average Bonchev–Trinajstić information content (AvgIpc) is 2.46. The fraction of sp³-hybridized carbons (Fsp3) is 0.182. The lowest BCUT2D eigenvalue weighted by atomic mass is 10.1. The predicted molar refractivity (Wildman–Crippen MR) is 58.4 cm³/mol. The summed E-state index contributed by atoms with van der Waals surface area (Å²) in [6.07, 6.45) is 0. The van der Waals surface area contributed by atoms with Gasteiger partial charge in [-0.05, 0) is 19.1 Å². The standard InChI is InChI=1S/C11H11ClN2/c1-8-7-11(14(2)13-8)9-5-3-4-6-10(9)12/h3-7H,1-2H3. The molecule has 2 nitrogen and oxygen atoms in total. The molecule has 0 amide bonds. The van der Waals surface area contributed by atoms with Crippen molar-refractivity contribution in [1.82, 2.24) is 9.78 Å². The Hall–Kier alpha value is -1.28. The summed E-state index contributed by atoms with van der Waals surface area (Å²) < 4.78 is 1.84. The van der Waals surface area contributed by atoms with Gasteiger partial charge in [0.1, 0.15) is 0 Å². The average molecular weight is 207 g/mol. The van der Waals surface area contributed by atoms with Gasteiger partial charge in [0.25, 0.3) is 0 Å². The van der Waals surface area contributed by atoms with E-state index in [1.165, 1.54) is 0 Å². The quantitative estimate of drug-likeness (QED) is 0.701. The van der Waals surface area contributed by atoms with Gasteiger partial charge in [-0.25, -0.2) is 0 Å². The molecule has 0 unspecified atom stereocenters. The Bertz CT molecular complexity index is 460. The number of halogens is 1. The summed E-state index contributed by atoms with van der Waals surface area (Å²) in [5.74, 6) is 0. The van der Waals surface area contributed by atoms with Gasteiger partial charge >= 0.3 is 0 Å². The van der Waals surface area contributed by atoms with Crippen LogP contribution in [0.4, 0.5) is 0 Å². The van der Waals surface area contributed by atoms with Crippen LogP contribution in [0.5, 0.6) is 0 Å². The van der Waals surface area contributed by atoms with Crippen LogP contribution in [0.25, 0.3) is 11.3 Å². The smallest absolute Gasteiger partial charge is 0.0696 e. The van der Waals surface area contributed by atoms with Crippen molar-refractivity contribution in [1.29, 1.82) is 0 Å². The van der Waals surface area contributed by atoms with Crippen molar-refractivity contribution in [2.24, 2.45) is 7.05 Å². The van der Waals surface area contributed by atoms with Crippen molar-refractivity contribution in [3.8, 4) is 11.3 Å². The van der Waals surface area contributed by atoms with Crippen molar-refractivity contribution in [3.63, 3.8) is 0 Å². The molecule has 0 spiro atoms. The molecule has 3 heteroatoms. The van der Waals surface area contributed by atoms with Crippen LogP contribution in [0.1, 0.15) is 5.69 Å². The topological polar surface area (TPSA) is 17.8 Å². The molecule has 14 heavy (non-hydrogen) atoms. The minimum Gasteiger partial charge on any atom is -0.268 e. The minimum absolute atomic E-state index is 0.760. The highest BCUT2D eigenvalue weighted by molar-refractivity contribution is 6.33. The van der Waals surface area contributed by atoms with E-state index in [2.05, 4.69) is 5.10 Å². The Labute approximate surface area is 88.1 Å². The number of rotatable bonds is 1. The number of aromatic nitrogens is 2. The van der Waals surface area contributed by atoms with E-state index in [0.29, 0.717) is 0 Å². The van der Waals surface area contributed by atoms with Gasteiger partial charge < -0.3 is 0 Å². The SMILES string of the molecule is Cc1cc(-c2ccccc2Cl)n(C)n1. The molecule has 0 bridgehead atoms. The molecule has 0 aliphatic heterocycles. The molecule has 0 N–H and O–H groups in total. The largest absolute Gasteiger partial charge is 0.268 e. The highest BCUT2D eigenvalue weighted by Gasteiger charge is 2.07. The maximum absolute atomic E-state index is 6.10. The molecule has 1 aromatic heterocycles. The van der Waals surface area contributed by atoms with Gasteiger partial charge in [-0.3, -0.25) is 4.68 Å². The molecule has 0 radical (unpaired) electrons. The normalized spacial score (nSPS) is 10.5. The Morgan fingerprint density at radius 1 is 1.29 bits per heavy atom. The highest BCUT2D eigenvalue weighted by Crippen LogP contribution is 2.27. The fourth-order valence-corrected chi connectivity index (χ4v) is 1.76. The zero-order valence-electron chi connectivity index (χ0n) is 8.16. The van der Waals surface area contributed by atoms with Gasteiger partial charge in [0.05, 0.1) is 11.4 Å². The maximum atomic E-state index is 6.10. The first-order chi connectivity index (χ1) is 6.68. The van der Waals surface area contributed by atoms with Crippen molar-refractivity contribution in [2.45, 2.75) is 6.92 Å². The molecule has 0 aliphatic rings. The summed E-state index contributed by atoms with van der Waals surface area (Å²) in [5.41, 5.74) is 3.08. The highest BCUT2D eigenvalue weighted by atomic mass is 35.5. The number of nitrogens with zero attached hydrogens (tertiary/aromatic N) is 2. The number of hydrogen-bond acceptors (Lipinski definition) is 1. The van der Waals surface area contributed by atoms with E-state index in [4.69, 9.17) is 11.6 Å². The van der Waals surface area contributed by atoms with Crippen LogP contribution < -0.4 is 0 Å². The molecule has 0 fully saturated rings. The van der Waals surface area contributed by atoms with E-state index < -0.39 is 0 Å². The van der Waals surface area contributed by atoms with Crippen molar-refractivity contribution >= 4 is 11.6 Å². The third-order valence-corrected chi connectivity index (χ3v) is 2.48. The van der Waals surface area contributed by atoms with Gasteiger partial charge in [-0.2, -0.15) is 5.10 Å². The molecule has 1 heterocycles. The van der Waals surface area contributed by atoms with E-state index in [9.17, 15) is 0 Å². The van der Waals surface area contributed by atoms with Crippen LogP contribution in [0.2, 0.25) is 5.02 Å². The molecule has 0 aliphatic carbocycles. The number of benzene rings is 1. The van der Waals surface area contributed by atoms with Crippen LogP contribution in [-0.4, -0.2) is 9.78 Å². The monoisotopic (exact) mass is 206 g/mol. The molecular formula is C11H11ClN2. The lowest BCUT2D eigenvalue weighted by Crippen LogP contribution is -1.93. The van der Waals surface area contributed by atoms with Crippen LogP contribution in [0, 0.1) is 6.92 Å². The lowest BCUT2D eigenvalue weighted by Gasteiger charge is -2.03. The third kappa shape index (κ3) is 1.53. The van der Waals surface area contributed by atoms with E-state index in [0.717, 1.165) is 22.0 Å². The van der Waals surface area contributed by atoms with Crippen LogP contribution in [0.3, 0.4) is 0 Å². The van der Waals surface area contributed by atoms with Crippen LogP contribution >= 0.6 is 11.6 Å². The Balaban J connectivity index is 2.60. The zero-order valence-corrected chi connectivity index (χ0v) is 8.92. The van der Waals surface area contributed by atoms with E-state index in [1.807, 2.05) is 49.0 Å². The van der Waals surface area contributed by atoms with E-state index in [1.54, 1.807) is 0 Å². The van der Waals surface area contributed by atoms with Crippen molar-refractivity contribution < 1.29 is 0 Å². The van der Waals surface area contributed by atoms with Crippen molar-refractivity contribution in [2.75, 3.05) is 0 Å². The minimum atomic E-state index is 0.760. The van der Waals surface area contributed by atoms with Crippen LogP contribution in [-0.2, 0) is 7.05 Å². The number of aryl methyl sites for hydroxylation is 2. The summed E-state index contributed by atoms with van der Waals surface area (Å²) in [6.45, 7) is 1.97. The Morgan fingerprint density at radius 2 is 2.00 bits per heavy atom. The third-order valence-electron chi connectivity index (χ3n) is 2.15. The molecule has 2 aromatic rings. The Morgan fingerprint density at radius 3 is 2.57 bits per heavy atom. The predicted octanol–water partition coefficient (Wildman–Crippen LogP) is 3.05. The molecule has 0 atom stereocenters. The van der Waals surface area contributed by atoms with Crippen molar-refractivity contribution in [3.05, 3.63) is 41.0 Å². The maximum Gasteiger partial charge on any atom is 0.0696 e. The molecule has 2 rings (SSSR count). The molecule has 0 saturated heterocycles. The van der Waals surface area contributed by atoms with E-state index in [-0.39, 0.29) is 0 Å². The molecule has 72 valence electrons. The summed E-state index contributed by atoms with van der Waals surface area (Å²) in [7, 11) is 1.92. The first-order valence-corrected chi connectivity index (χ1v) is 4.82. The molecule has 1 aromatic carbocycles.